The van der Waals surface area contributed by atoms with Crippen molar-refractivity contribution in [1.82, 2.24) is 0 Å². The van der Waals surface area contributed by atoms with Crippen molar-refractivity contribution in [2.24, 2.45) is 0 Å². The molecule has 0 bridgehead atoms. The molecule has 0 spiro atoms. The average Bonchev–Trinajstić information content (AvgIpc) is 2.39. The van der Waals surface area contributed by atoms with E-state index in [9.17, 15) is 13.2 Å². The highest BCUT2D eigenvalue weighted by Gasteiger charge is 2.40. The number of hydrogen-bond acceptors (Lipinski definition) is 2. The van der Waals surface area contributed by atoms with Crippen LogP contribution in [0.15, 0.2) is 0 Å². The molecular weight excluding hydrogens is 313 g/mol. The number of alkyl halides is 3. The molecule has 2 aliphatic rings. The van der Waals surface area contributed by atoms with Crippen LogP contribution in [0.2, 0.25) is 31.2 Å². The van der Waals surface area contributed by atoms with E-state index in [1.165, 1.54) is 18.9 Å². The highest BCUT2D eigenvalue weighted by atomic mass is 28.4. The van der Waals surface area contributed by atoms with Gasteiger partial charge < -0.3 is 8.85 Å². The predicted molar refractivity (Wildman–Crippen MR) is 84.9 cm³/mol. The van der Waals surface area contributed by atoms with Gasteiger partial charge in [-0.3, -0.25) is 0 Å². The third-order valence-electron chi connectivity index (χ3n) is 4.02. The molecule has 0 amide bonds. The molecule has 2 nitrogen and oxygen atoms in total. The van der Waals surface area contributed by atoms with Crippen molar-refractivity contribution in [1.29, 1.82) is 0 Å². The standard InChI is InChI=1S/C8H15F3OSi.C6H14OSi/c1-7(9)8(10,11)6-13-5-3-2-4-12-13;1-8(2)6-4-3-5-7-8/h7,13H,2-6H2,1H3;3-6H2,1-2H3. The molecule has 2 atom stereocenters. The fourth-order valence-corrected chi connectivity index (χ4v) is 7.12. The molecule has 0 N–H and O–H groups in total. The molecule has 21 heavy (non-hydrogen) atoms. The van der Waals surface area contributed by atoms with Gasteiger partial charge in [-0.1, -0.05) is 12.8 Å². The van der Waals surface area contributed by atoms with Gasteiger partial charge >= 0.3 is 0 Å². The zero-order chi connectivity index (χ0) is 15.9. The van der Waals surface area contributed by atoms with Crippen LogP contribution >= 0.6 is 0 Å². The van der Waals surface area contributed by atoms with Crippen molar-refractivity contribution >= 4 is 17.4 Å². The topological polar surface area (TPSA) is 18.5 Å². The summed E-state index contributed by atoms with van der Waals surface area (Å²) in [5, 5.41) is 0. The second-order valence-corrected chi connectivity index (χ2v) is 13.5. The van der Waals surface area contributed by atoms with Crippen molar-refractivity contribution in [2.45, 2.75) is 75.9 Å². The van der Waals surface area contributed by atoms with Crippen LogP contribution in [0.5, 0.6) is 0 Å². The van der Waals surface area contributed by atoms with Crippen LogP contribution in [0.1, 0.15) is 32.6 Å². The van der Waals surface area contributed by atoms with Crippen molar-refractivity contribution in [3.63, 3.8) is 0 Å². The molecule has 2 saturated heterocycles. The highest BCUT2D eigenvalue weighted by molar-refractivity contribution is 6.71. The molecule has 0 aromatic carbocycles. The minimum Gasteiger partial charge on any atom is -0.420 e. The van der Waals surface area contributed by atoms with Crippen molar-refractivity contribution in [3.05, 3.63) is 0 Å². The maximum Gasteiger partial charge on any atom is 0.278 e. The van der Waals surface area contributed by atoms with Gasteiger partial charge in [0, 0.05) is 19.3 Å². The Hall–Kier alpha value is 0.144. The summed E-state index contributed by atoms with van der Waals surface area (Å²) in [4.78, 5) is 0. The molecule has 126 valence electrons. The molecule has 2 unspecified atom stereocenters. The minimum absolute atomic E-state index is 0.343. The molecule has 2 heterocycles. The van der Waals surface area contributed by atoms with Crippen molar-refractivity contribution in [2.75, 3.05) is 13.2 Å². The van der Waals surface area contributed by atoms with E-state index in [-0.39, 0.29) is 6.04 Å². The maximum absolute atomic E-state index is 12.9. The van der Waals surface area contributed by atoms with Gasteiger partial charge in [-0.25, -0.2) is 13.2 Å². The lowest BCUT2D eigenvalue weighted by molar-refractivity contribution is -0.0500. The molecule has 7 heteroatoms. The van der Waals surface area contributed by atoms with Crippen molar-refractivity contribution in [3.8, 4) is 0 Å². The van der Waals surface area contributed by atoms with Crippen LogP contribution in [-0.2, 0) is 8.85 Å². The Morgan fingerprint density at radius 2 is 1.81 bits per heavy atom. The van der Waals surface area contributed by atoms with E-state index in [0.717, 1.165) is 32.4 Å². The third-order valence-corrected chi connectivity index (χ3v) is 9.32. The summed E-state index contributed by atoms with van der Waals surface area (Å²) < 4.78 is 49.1. The summed E-state index contributed by atoms with van der Waals surface area (Å²) in [6, 6.07) is 1.79. The fraction of sp³-hybridized carbons (Fsp3) is 1.00. The van der Waals surface area contributed by atoms with Gasteiger partial charge in [-0.05, 0) is 44.9 Å². The lowest BCUT2D eigenvalue weighted by Gasteiger charge is -2.27. The van der Waals surface area contributed by atoms with E-state index < -0.39 is 29.5 Å². The van der Waals surface area contributed by atoms with Crippen LogP contribution in [-0.4, -0.2) is 42.7 Å². The molecule has 2 fully saturated rings. The smallest absolute Gasteiger partial charge is 0.278 e. The first kappa shape index (κ1) is 19.2. The van der Waals surface area contributed by atoms with Gasteiger partial charge in [0.25, 0.3) is 5.92 Å². The number of hydrogen-bond donors (Lipinski definition) is 0. The summed E-state index contributed by atoms with van der Waals surface area (Å²) >= 11 is 0. The van der Waals surface area contributed by atoms with E-state index in [2.05, 4.69) is 13.1 Å². The second kappa shape index (κ2) is 8.69. The Morgan fingerprint density at radius 3 is 2.19 bits per heavy atom. The first-order valence-electron chi connectivity index (χ1n) is 8.00. The maximum atomic E-state index is 12.9. The fourth-order valence-electron chi connectivity index (χ4n) is 2.51. The molecule has 2 aliphatic heterocycles. The SMILES string of the molecule is CC(F)C(F)(F)C[SiH]1CCCCO1.C[Si]1(C)CCCCO1. The monoisotopic (exact) mass is 342 g/mol. The molecule has 0 radical (unpaired) electrons. The predicted octanol–water partition coefficient (Wildman–Crippen LogP) is 4.52. The summed E-state index contributed by atoms with van der Waals surface area (Å²) in [7, 11) is -2.89. The number of rotatable bonds is 3. The van der Waals surface area contributed by atoms with Crippen LogP contribution < -0.4 is 0 Å². The van der Waals surface area contributed by atoms with Crippen LogP contribution in [0.3, 0.4) is 0 Å². The molecule has 0 aromatic heterocycles. The largest absolute Gasteiger partial charge is 0.420 e. The van der Waals surface area contributed by atoms with Gasteiger partial charge in [0.05, 0.1) is 0 Å². The quantitative estimate of drug-likeness (QED) is 0.702. The van der Waals surface area contributed by atoms with Gasteiger partial charge in [0.15, 0.2) is 23.5 Å². The summed E-state index contributed by atoms with van der Waals surface area (Å²) in [5.41, 5.74) is 0. The van der Waals surface area contributed by atoms with Gasteiger partial charge in [-0.2, -0.15) is 0 Å². The van der Waals surface area contributed by atoms with Gasteiger partial charge in [0.1, 0.15) is 0 Å². The van der Waals surface area contributed by atoms with Crippen molar-refractivity contribution < 1.29 is 22.0 Å². The van der Waals surface area contributed by atoms with E-state index in [4.69, 9.17) is 8.85 Å². The Balaban J connectivity index is 0.000000235. The minimum atomic E-state index is -3.17. The normalized spacial score (nSPS) is 27.4. The first-order chi connectivity index (χ1) is 9.73. The Bertz CT molecular complexity index is 288. The van der Waals surface area contributed by atoms with E-state index >= 15 is 0 Å². The molecule has 0 saturated carbocycles. The zero-order valence-corrected chi connectivity index (χ0v) is 15.6. The molecule has 2 rings (SSSR count). The average molecular weight is 343 g/mol. The lowest BCUT2D eigenvalue weighted by atomic mass is 10.3. The van der Waals surface area contributed by atoms with Crippen LogP contribution in [0.4, 0.5) is 13.2 Å². The summed E-state index contributed by atoms with van der Waals surface area (Å²) in [6.07, 6.45) is 2.56. The van der Waals surface area contributed by atoms with E-state index in [1.54, 1.807) is 0 Å². The van der Waals surface area contributed by atoms with Gasteiger partial charge in [-0.15, -0.1) is 0 Å². The second-order valence-electron chi connectivity index (χ2n) is 6.64. The Morgan fingerprint density at radius 1 is 1.14 bits per heavy atom. The Kier molecular flexibility index (Phi) is 7.94. The summed E-state index contributed by atoms with van der Waals surface area (Å²) in [5.74, 6) is -3.17. The molecular formula is C14H29F3O2Si2. The highest BCUT2D eigenvalue weighted by Crippen LogP contribution is 2.30. The summed E-state index contributed by atoms with van der Waals surface area (Å²) in [6.45, 7) is 7.13. The first-order valence-corrected chi connectivity index (χ1v) is 13.2. The number of halogens is 3. The Labute approximate surface area is 129 Å². The van der Waals surface area contributed by atoms with Crippen LogP contribution in [0.25, 0.3) is 0 Å². The lowest BCUT2D eigenvalue weighted by Crippen LogP contribution is -2.36. The zero-order valence-electron chi connectivity index (χ0n) is 13.5. The van der Waals surface area contributed by atoms with Gasteiger partial charge in [0.2, 0.25) is 0 Å². The van der Waals surface area contributed by atoms with Crippen LogP contribution in [0, 0.1) is 0 Å². The molecule has 0 aliphatic carbocycles. The van der Waals surface area contributed by atoms with E-state index in [0.29, 0.717) is 6.61 Å². The molecule has 0 aromatic rings. The van der Waals surface area contributed by atoms with E-state index in [1.807, 2.05) is 0 Å². The third kappa shape index (κ3) is 7.81.